The van der Waals surface area contributed by atoms with Gasteiger partial charge in [-0.2, -0.15) is 0 Å². The van der Waals surface area contributed by atoms with Crippen molar-refractivity contribution in [3.63, 3.8) is 0 Å². The summed E-state index contributed by atoms with van der Waals surface area (Å²) >= 11 is 0. The van der Waals surface area contributed by atoms with Gasteiger partial charge in [-0.15, -0.1) is 0 Å². The minimum absolute atomic E-state index is 0.0160. The van der Waals surface area contributed by atoms with Gasteiger partial charge in [0.05, 0.1) is 11.5 Å². The second-order valence-electron chi connectivity index (χ2n) is 6.04. The maximum atomic E-state index is 12.1. The molecule has 0 unspecified atom stereocenters. The van der Waals surface area contributed by atoms with Crippen molar-refractivity contribution in [3.05, 3.63) is 0 Å². The van der Waals surface area contributed by atoms with Crippen LogP contribution in [0.2, 0.25) is 0 Å². The van der Waals surface area contributed by atoms with Crippen LogP contribution in [0.4, 0.5) is 0 Å². The Bertz CT molecular complexity index is 368. The number of carboxylic acid groups (broad SMARTS) is 1. The largest absolute Gasteiger partial charge is 0.481 e. The summed E-state index contributed by atoms with van der Waals surface area (Å²) < 4.78 is 5.32. The highest BCUT2D eigenvalue weighted by Gasteiger charge is 2.54. The number of hydrogen-bond donors (Lipinski definition) is 1. The number of rotatable bonds is 4. The third-order valence-electron chi connectivity index (χ3n) is 4.44. The Labute approximate surface area is 113 Å². The zero-order chi connectivity index (χ0) is 14.0. The van der Waals surface area contributed by atoms with Crippen LogP contribution >= 0.6 is 0 Å². The van der Waals surface area contributed by atoms with Crippen LogP contribution in [0.1, 0.15) is 39.5 Å². The van der Waals surface area contributed by atoms with Gasteiger partial charge in [-0.1, -0.05) is 12.8 Å². The standard InChI is InChI=1S/C14H23NO4/c1-10(2)19-8-12(16)15-7-11-5-3-4-6-14(11,9-15)13(17)18/h10-11H,3-9H2,1-2H3,(H,17,18)/t11-,14-/m0/s1. The molecule has 5 nitrogen and oxygen atoms in total. The Morgan fingerprint density at radius 3 is 2.74 bits per heavy atom. The molecule has 0 spiro atoms. The van der Waals surface area contributed by atoms with Gasteiger partial charge in [-0.05, 0) is 32.6 Å². The molecule has 0 aromatic rings. The van der Waals surface area contributed by atoms with Gasteiger partial charge in [-0.3, -0.25) is 9.59 Å². The first kappa shape index (κ1) is 14.3. The van der Waals surface area contributed by atoms with E-state index in [0.717, 1.165) is 19.3 Å². The van der Waals surface area contributed by atoms with E-state index in [1.807, 2.05) is 13.8 Å². The van der Waals surface area contributed by atoms with Crippen molar-refractivity contribution >= 4 is 11.9 Å². The molecular weight excluding hydrogens is 246 g/mol. The number of nitrogens with zero attached hydrogens (tertiary/aromatic N) is 1. The van der Waals surface area contributed by atoms with Gasteiger partial charge in [-0.25, -0.2) is 0 Å². The molecule has 2 fully saturated rings. The minimum atomic E-state index is -0.739. The molecule has 2 rings (SSSR count). The molecule has 2 atom stereocenters. The summed E-state index contributed by atoms with van der Waals surface area (Å²) in [5.41, 5.74) is -0.703. The number of carboxylic acids is 1. The normalized spacial score (nSPS) is 30.5. The summed E-state index contributed by atoms with van der Waals surface area (Å²) in [6.07, 6.45) is 3.66. The first-order valence-corrected chi connectivity index (χ1v) is 7.08. The Hall–Kier alpha value is -1.10. The first-order chi connectivity index (χ1) is 8.95. The van der Waals surface area contributed by atoms with Crippen LogP contribution in [-0.2, 0) is 14.3 Å². The molecule has 0 aromatic carbocycles. The van der Waals surface area contributed by atoms with Crippen molar-refractivity contribution in [2.75, 3.05) is 19.7 Å². The van der Waals surface area contributed by atoms with Crippen LogP contribution in [0.3, 0.4) is 0 Å². The number of fused-ring (bicyclic) bond motifs is 1. The quantitative estimate of drug-likeness (QED) is 0.840. The lowest BCUT2D eigenvalue weighted by Gasteiger charge is -2.34. The van der Waals surface area contributed by atoms with Gasteiger partial charge < -0.3 is 14.7 Å². The maximum absolute atomic E-state index is 12.1. The van der Waals surface area contributed by atoms with E-state index in [-0.39, 0.29) is 24.5 Å². The summed E-state index contributed by atoms with van der Waals surface area (Å²) in [5.74, 6) is -0.706. The minimum Gasteiger partial charge on any atom is -0.481 e. The highest BCUT2D eigenvalue weighted by molar-refractivity contribution is 5.81. The highest BCUT2D eigenvalue weighted by atomic mass is 16.5. The van der Waals surface area contributed by atoms with E-state index in [2.05, 4.69) is 0 Å². The topological polar surface area (TPSA) is 66.8 Å². The predicted octanol–water partition coefficient (Wildman–Crippen LogP) is 1.51. The fraction of sp³-hybridized carbons (Fsp3) is 0.857. The molecule has 0 radical (unpaired) electrons. The fourth-order valence-electron chi connectivity index (χ4n) is 3.33. The predicted molar refractivity (Wildman–Crippen MR) is 69.7 cm³/mol. The molecule has 1 amide bonds. The number of hydrogen-bond acceptors (Lipinski definition) is 3. The first-order valence-electron chi connectivity index (χ1n) is 7.08. The van der Waals surface area contributed by atoms with Crippen molar-refractivity contribution in [1.29, 1.82) is 0 Å². The van der Waals surface area contributed by atoms with Crippen LogP contribution in [0.15, 0.2) is 0 Å². The lowest BCUT2D eigenvalue weighted by atomic mass is 9.68. The van der Waals surface area contributed by atoms with E-state index in [9.17, 15) is 14.7 Å². The van der Waals surface area contributed by atoms with Crippen molar-refractivity contribution < 1.29 is 19.4 Å². The van der Waals surface area contributed by atoms with Gasteiger partial charge >= 0.3 is 5.97 Å². The molecule has 2 aliphatic rings. The zero-order valence-corrected chi connectivity index (χ0v) is 11.7. The number of amides is 1. The summed E-state index contributed by atoms with van der Waals surface area (Å²) in [6.45, 7) is 4.76. The molecule has 1 aliphatic heterocycles. The Morgan fingerprint density at radius 2 is 2.16 bits per heavy atom. The number of carbonyl (C=O) groups is 2. The molecule has 1 aliphatic carbocycles. The van der Waals surface area contributed by atoms with Crippen LogP contribution in [-0.4, -0.2) is 47.7 Å². The van der Waals surface area contributed by atoms with Crippen molar-refractivity contribution in [1.82, 2.24) is 4.90 Å². The number of carbonyl (C=O) groups excluding carboxylic acids is 1. The third kappa shape index (κ3) is 2.76. The van der Waals surface area contributed by atoms with Gasteiger partial charge in [0.2, 0.25) is 5.91 Å². The molecule has 1 saturated heterocycles. The molecule has 0 bridgehead atoms. The molecule has 5 heteroatoms. The molecule has 1 saturated carbocycles. The summed E-state index contributed by atoms with van der Waals surface area (Å²) in [6, 6.07) is 0. The van der Waals surface area contributed by atoms with Crippen molar-refractivity contribution in [2.45, 2.75) is 45.6 Å². The smallest absolute Gasteiger partial charge is 0.311 e. The zero-order valence-electron chi connectivity index (χ0n) is 11.7. The summed E-state index contributed by atoms with van der Waals surface area (Å²) in [4.78, 5) is 25.4. The van der Waals surface area contributed by atoms with Crippen LogP contribution in [0.5, 0.6) is 0 Å². The number of ether oxygens (including phenoxy) is 1. The van der Waals surface area contributed by atoms with E-state index >= 15 is 0 Å². The summed E-state index contributed by atoms with van der Waals surface area (Å²) in [7, 11) is 0. The fourth-order valence-corrected chi connectivity index (χ4v) is 3.33. The molecular formula is C14H23NO4. The number of aliphatic carboxylic acids is 1. The molecule has 0 aromatic heterocycles. The van der Waals surface area contributed by atoms with Crippen molar-refractivity contribution in [3.8, 4) is 0 Å². The van der Waals surface area contributed by atoms with Crippen LogP contribution in [0, 0.1) is 11.3 Å². The average Bonchev–Trinajstić information content (AvgIpc) is 2.76. The average molecular weight is 269 g/mol. The Kier molecular flexibility index (Phi) is 4.13. The van der Waals surface area contributed by atoms with Crippen LogP contribution < -0.4 is 0 Å². The second-order valence-corrected chi connectivity index (χ2v) is 6.04. The SMILES string of the molecule is CC(C)OCC(=O)N1C[C@@H]2CCCC[C@]2(C(=O)O)C1. The van der Waals surface area contributed by atoms with E-state index in [0.29, 0.717) is 19.5 Å². The van der Waals surface area contributed by atoms with Crippen molar-refractivity contribution in [2.24, 2.45) is 11.3 Å². The molecule has 19 heavy (non-hydrogen) atoms. The Balaban J connectivity index is 2.03. The van der Waals surface area contributed by atoms with Gasteiger partial charge in [0.1, 0.15) is 6.61 Å². The van der Waals surface area contributed by atoms with E-state index in [1.165, 1.54) is 0 Å². The van der Waals surface area contributed by atoms with Gasteiger partial charge in [0, 0.05) is 13.1 Å². The second kappa shape index (κ2) is 5.49. The van der Waals surface area contributed by atoms with E-state index in [4.69, 9.17) is 4.74 Å². The highest BCUT2D eigenvalue weighted by Crippen LogP contribution is 2.46. The lowest BCUT2D eigenvalue weighted by molar-refractivity contribution is -0.152. The molecule has 1 heterocycles. The number of likely N-dealkylation sites (tertiary alicyclic amines) is 1. The monoisotopic (exact) mass is 269 g/mol. The summed E-state index contributed by atoms with van der Waals surface area (Å²) in [5, 5.41) is 9.55. The van der Waals surface area contributed by atoms with E-state index in [1.54, 1.807) is 4.90 Å². The van der Waals surface area contributed by atoms with E-state index < -0.39 is 11.4 Å². The third-order valence-corrected chi connectivity index (χ3v) is 4.44. The van der Waals surface area contributed by atoms with Gasteiger partial charge in [0.15, 0.2) is 0 Å². The molecule has 1 N–H and O–H groups in total. The Morgan fingerprint density at radius 1 is 1.42 bits per heavy atom. The molecule has 108 valence electrons. The maximum Gasteiger partial charge on any atom is 0.311 e. The van der Waals surface area contributed by atoms with Crippen LogP contribution in [0.25, 0.3) is 0 Å². The lowest BCUT2D eigenvalue weighted by Crippen LogP contribution is -2.42. The van der Waals surface area contributed by atoms with Gasteiger partial charge in [0.25, 0.3) is 0 Å².